The van der Waals surface area contributed by atoms with Crippen LogP contribution >= 0.6 is 47.0 Å². The quantitative estimate of drug-likeness (QED) is 0.259. The molecule has 26 heavy (non-hydrogen) atoms. The molecular formula is C16H20Cl3N3O3S. The maximum absolute atomic E-state index is 11.9. The zero-order chi connectivity index (χ0) is 19.7. The smallest absolute Gasteiger partial charge is 0.339 e. The Labute approximate surface area is 172 Å². The number of carbonyl (C=O) groups excluding carboxylic acids is 2. The fourth-order valence-electron chi connectivity index (χ4n) is 1.94. The van der Waals surface area contributed by atoms with Crippen molar-refractivity contribution >= 4 is 69.7 Å². The molecule has 0 aliphatic rings. The normalized spacial score (nSPS) is 12.0. The van der Waals surface area contributed by atoms with Crippen molar-refractivity contribution in [3.05, 3.63) is 29.8 Å². The van der Waals surface area contributed by atoms with Crippen LogP contribution in [0.25, 0.3) is 0 Å². The number of anilines is 1. The monoisotopic (exact) mass is 439 g/mol. The van der Waals surface area contributed by atoms with E-state index < -0.39 is 15.9 Å². The number of alkyl halides is 3. The van der Waals surface area contributed by atoms with Crippen LogP contribution in [0.5, 0.6) is 0 Å². The van der Waals surface area contributed by atoms with Crippen molar-refractivity contribution in [1.29, 1.82) is 0 Å². The molecule has 0 aromatic heterocycles. The minimum absolute atomic E-state index is 0.0634. The predicted molar refractivity (Wildman–Crippen MR) is 109 cm³/mol. The zero-order valence-electron chi connectivity index (χ0n) is 14.3. The SMILES string of the molecule is CCCCC(=O)N[C@H](NC(=S)Nc1ccccc1C(=O)OC)C(Cl)(Cl)Cl. The number of esters is 1. The zero-order valence-corrected chi connectivity index (χ0v) is 17.4. The van der Waals surface area contributed by atoms with Crippen molar-refractivity contribution in [1.82, 2.24) is 10.6 Å². The van der Waals surface area contributed by atoms with Crippen LogP contribution in [-0.4, -0.2) is 34.1 Å². The van der Waals surface area contributed by atoms with Crippen LogP contribution in [0.15, 0.2) is 24.3 Å². The number of thiocarbonyl (C=S) groups is 1. The Balaban J connectivity index is 2.82. The minimum atomic E-state index is -1.84. The van der Waals surface area contributed by atoms with Crippen LogP contribution in [-0.2, 0) is 9.53 Å². The molecule has 0 radical (unpaired) electrons. The molecule has 1 atom stereocenters. The van der Waals surface area contributed by atoms with Crippen molar-refractivity contribution in [2.75, 3.05) is 12.4 Å². The molecule has 144 valence electrons. The van der Waals surface area contributed by atoms with E-state index in [4.69, 9.17) is 51.8 Å². The Morgan fingerprint density at radius 2 is 1.88 bits per heavy atom. The van der Waals surface area contributed by atoms with E-state index in [9.17, 15) is 9.59 Å². The molecule has 1 aromatic rings. The van der Waals surface area contributed by atoms with Gasteiger partial charge in [-0.05, 0) is 30.8 Å². The highest BCUT2D eigenvalue weighted by Crippen LogP contribution is 2.29. The summed E-state index contributed by atoms with van der Waals surface area (Å²) in [4.78, 5) is 23.7. The van der Waals surface area contributed by atoms with Gasteiger partial charge in [-0.25, -0.2) is 4.79 Å². The van der Waals surface area contributed by atoms with Gasteiger partial charge in [0, 0.05) is 6.42 Å². The first kappa shape index (κ1) is 22.8. The molecule has 0 aliphatic carbocycles. The number of rotatable bonds is 7. The molecule has 0 saturated heterocycles. The number of unbranched alkanes of at least 4 members (excludes halogenated alkanes) is 1. The van der Waals surface area contributed by atoms with E-state index in [0.717, 1.165) is 6.42 Å². The van der Waals surface area contributed by atoms with Crippen molar-refractivity contribution in [3.63, 3.8) is 0 Å². The molecule has 3 N–H and O–H groups in total. The lowest BCUT2D eigenvalue weighted by Gasteiger charge is -2.28. The summed E-state index contributed by atoms with van der Waals surface area (Å²) >= 11 is 23.0. The Morgan fingerprint density at radius 1 is 1.23 bits per heavy atom. The van der Waals surface area contributed by atoms with Crippen LogP contribution < -0.4 is 16.0 Å². The molecule has 1 rings (SSSR count). The van der Waals surface area contributed by atoms with Crippen molar-refractivity contribution in [2.24, 2.45) is 0 Å². The Hall–Kier alpha value is -1.28. The Bertz CT molecular complexity index is 653. The first-order valence-corrected chi connectivity index (χ1v) is 9.34. The van der Waals surface area contributed by atoms with Crippen molar-refractivity contribution in [2.45, 2.75) is 36.1 Å². The molecule has 0 spiro atoms. The van der Waals surface area contributed by atoms with Gasteiger partial charge in [-0.3, -0.25) is 4.79 Å². The van der Waals surface area contributed by atoms with Crippen LogP contribution in [0.2, 0.25) is 0 Å². The summed E-state index contributed by atoms with van der Waals surface area (Å²) in [5.74, 6) is -0.796. The second-order valence-corrected chi connectivity index (χ2v) is 8.06. The summed E-state index contributed by atoms with van der Waals surface area (Å²) in [6.07, 6.45) is 0.833. The summed E-state index contributed by atoms with van der Waals surface area (Å²) < 4.78 is 2.88. The van der Waals surface area contributed by atoms with E-state index in [1.807, 2.05) is 6.92 Å². The lowest BCUT2D eigenvalue weighted by molar-refractivity contribution is -0.122. The van der Waals surface area contributed by atoms with Gasteiger partial charge in [-0.15, -0.1) is 0 Å². The van der Waals surface area contributed by atoms with Crippen LogP contribution in [0.3, 0.4) is 0 Å². The number of benzene rings is 1. The van der Waals surface area contributed by atoms with Crippen LogP contribution in [0.1, 0.15) is 36.5 Å². The van der Waals surface area contributed by atoms with Gasteiger partial charge in [0.25, 0.3) is 0 Å². The topological polar surface area (TPSA) is 79.5 Å². The Morgan fingerprint density at radius 3 is 2.46 bits per heavy atom. The largest absolute Gasteiger partial charge is 0.465 e. The first-order chi connectivity index (χ1) is 12.2. The van der Waals surface area contributed by atoms with E-state index >= 15 is 0 Å². The van der Waals surface area contributed by atoms with E-state index in [2.05, 4.69) is 16.0 Å². The number of carbonyl (C=O) groups is 2. The second kappa shape index (κ2) is 10.8. The van der Waals surface area contributed by atoms with Gasteiger partial charge in [0.1, 0.15) is 6.17 Å². The fraction of sp³-hybridized carbons (Fsp3) is 0.438. The van der Waals surface area contributed by atoms with Gasteiger partial charge in [-0.2, -0.15) is 0 Å². The van der Waals surface area contributed by atoms with Crippen LogP contribution in [0.4, 0.5) is 5.69 Å². The number of methoxy groups -OCH3 is 1. The molecular weight excluding hydrogens is 421 g/mol. The molecule has 6 nitrogen and oxygen atoms in total. The molecule has 0 heterocycles. The van der Waals surface area contributed by atoms with Gasteiger partial charge in [0.2, 0.25) is 9.70 Å². The number of para-hydroxylation sites is 1. The van der Waals surface area contributed by atoms with Crippen LogP contribution in [0, 0.1) is 0 Å². The number of hydrogen-bond donors (Lipinski definition) is 3. The number of amides is 1. The predicted octanol–water partition coefficient (Wildman–Crippen LogP) is 3.76. The van der Waals surface area contributed by atoms with Gasteiger partial charge in [0.05, 0.1) is 18.4 Å². The highest BCUT2D eigenvalue weighted by atomic mass is 35.6. The van der Waals surface area contributed by atoms with Gasteiger partial charge in [0.15, 0.2) is 5.11 Å². The van der Waals surface area contributed by atoms with Gasteiger partial charge >= 0.3 is 5.97 Å². The maximum Gasteiger partial charge on any atom is 0.339 e. The summed E-state index contributed by atoms with van der Waals surface area (Å²) in [6.45, 7) is 1.97. The molecule has 0 unspecified atom stereocenters. The molecule has 0 bridgehead atoms. The second-order valence-electron chi connectivity index (χ2n) is 5.28. The molecule has 0 fully saturated rings. The first-order valence-electron chi connectivity index (χ1n) is 7.80. The van der Waals surface area contributed by atoms with E-state index in [-0.39, 0.29) is 16.6 Å². The number of ether oxygens (including phenoxy) is 1. The number of nitrogens with one attached hydrogen (secondary N) is 3. The summed E-state index contributed by atoms with van der Waals surface area (Å²) in [5.41, 5.74) is 0.703. The lowest BCUT2D eigenvalue weighted by Crippen LogP contribution is -2.56. The maximum atomic E-state index is 11.9. The summed E-state index contributed by atoms with van der Waals surface area (Å²) in [7, 11) is 1.28. The molecule has 1 amide bonds. The lowest BCUT2D eigenvalue weighted by atomic mass is 10.2. The van der Waals surface area contributed by atoms with Crippen molar-refractivity contribution < 1.29 is 14.3 Å². The van der Waals surface area contributed by atoms with E-state index in [1.54, 1.807) is 24.3 Å². The Kier molecular flexibility index (Phi) is 9.43. The van der Waals surface area contributed by atoms with Gasteiger partial charge in [-0.1, -0.05) is 60.3 Å². The van der Waals surface area contributed by atoms with E-state index in [1.165, 1.54) is 7.11 Å². The van der Waals surface area contributed by atoms with Crippen molar-refractivity contribution in [3.8, 4) is 0 Å². The third kappa shape index (κ3) is 7.53. The number of hydrogen-bond acceptors (Lipinski definition) is 4. The van der Waals surface area contributed by atoms with Gasteiger partial charge < -0.3 is 20.7 Å². The third-order valence-corrected chi connectivity index (χ3v) is 4.12. The molecule has 10 heteroatoms. The minimum Gasteiger partial charge on any atom is -0.465 e. The third-order valence-electron chi connectivity index (χ3n) is 3.25. The summed E-state index contributed by atoms with van der Waals surface area (Å²) in [6, 6.07) is 6.63. The molecule has 0 aliphatic heterocycles. The fourth-order valence-corrected chi connectivity index (χ4v) is 2.49. The molecule has 0 saturated carbocycles. The average molecular weight is 441 g/mol. The standard InChI is InChI=1S/C16H20Cl3N3O3S/c1-3-4-9-12(23)21-14(16(17,18)19)22-15(26)20-11-8-6-5-7-10(11)13(24)25-2/h5-8,14H,3-4,9H2,1-2H3,(H,21,23)(H2,20,22,26)/t14-/m1/s1. The number of halogens is 3. The molecule has 1 aromatic carbocycles. The van der Waals surface area contributed by atoms with E-state index in [0.29, 0.717) is 18.5 Å². The highest BCUT2D eigenvalue weighted by molar-refractivity contribution is 7.80. The average Bonchev–Trinajstić information content (AvgIpc) is 2.58. The highest BCUT2D eigenvalue weighted by Gasteiger charge is 2.34. The summed E-state index contributed by atoms with van der Waals surface area (Å²) in [5, 5.41) is 8.23.